The van der Waals surface area contributed by atoms with Gasteiger partial charge >= 0.3 is 0 Å². The zero-order valence-corrected chi connectivity index (χ0v) is 16.1. The number of rotatable bonds is 4. The van der Waals surface area contributed by atoms with Gasteiger partial charge in [-0.1, -0.05) is 52.8 Å². The third-order valence-corrected chi connectivity index (χ3v) is 4.95. The van der Waals surface area contributed by atoms with Gasteiger partial charge in [0.25, 0.3) is 0 Å². The molecule has 24 heavy (non-hydrogen) atoms. The van der Waals surface area contributed by atoms with Gasteiger partial charge in [0.15, 0.2) is 0 Å². The van der Waals surface area contributed by atoms with Crippen molar-refractivity contribution in [2.45, 2.75) is 23.1 Å². The molecule has 0 aliphatic carbocycles. The van der Waals surface area contributed by atoms with Gasteiger partial charge in [-0.25, -0.2) is 4.98 Å². The van der Waals surface area contributed by atoms with E-state index >= 15 is 0 Å². The lowest BCUT2D eigenvalue weighted by Gasteiger charge is -2.26. The van der Waals surface area contributed by atoms with Crippen LogP contribution in [0.3, 0.4) is 0 Å². The molecule has 0 amide bonds. The molecule has 0 radical (unpaired) electrons. The zero-order chi connectivity index (χ0) is 17.2. The lowest BCUT2D eigenvalue weighted by Crippen LogP contribution is -2.33. The van der Waals surface area contributed by atoms with Crippen molar-refractivity contribution in [3.05, 3.63) is 35.0 Å². The van der Waals surface area contributed by atoms with Gasteiger partial charge < -0.3 is 4.74 Å². The van der Waals surface area contributed by atoms with Crippen molar-refractivity contribution in [3.63, 3.8) is 0 Å². The first-order valence-electron chi connectivity index (χ1n) is 7.96. The smallest absolute Gasteiger partial charge is 0.232 e. The number of ether oxygens (including phenoxy) is 1. The number of hydrogen-bond donors (Lipinski definition) is 0. The van der Waals surface area contributed by atoms with Gasteiger partial charge in [0.2, 0.25) is 3.79 Å². The van der Waals surface area contributed by atoms with E-state index in [0.717, 1.165) is 25.0 Å². The summed E-state index contributed by atoms with van der Waals surface area (Å²) in [5.41, 5.74) is 1.03. The van der Waals surface area contributed by atoms with Crippen molar-refractivity contribution >= 4 is 57.3 Å². The molecule has 0 atom stereocenters. The molecule has 0 spiro atoms. The van der Waals surface area contributed by atoms with Crippen LogP contribution in [0.1, 0.15) is 25.0 Å². The highest BCUT2D eigenvalue weighted by Gasteiger charge is 2.26. The van der Waals surface area contributed by atoms with E-state index in [1.54, 1.807) is 18.2 Å². The second-order valence-electron chi connectivity index (χ2n) is 5.92. The van der Waals surface area contributed by atoms with Crippen LogP contribution in [0.25, 0.3) is 10.9 Å². The molecule has 0 N–H and O–H groups in total. The minimum Gasteiger partial charge on any atom is -0.491 e. The minimum atomic E-state index is -1.60. The number of hydrogen-bond acceptors (Lipinski definition) is 3. The van der Waals surface area contributed by atoms with Crippen molar-refractivity contribution in [2.75, 3.05) is 26.2 Å². The molecular formula is C17H18Cl4N2O. The Hall–Kier alpha value is -0.450. The third kappa shape index (κ3) is 4.59. The van der Waals surface area contributed by atoms with E-state index in [1.165, 1.54) is 19.3 Å². The van der Waals surface area contributed by atoms with Gasteiger partial charge in [-0.3, -0.25) is 4.90 Å². The van der Waals surface area contributed by atoms with Crippen LogP contribution in [0.5, 0.6) is 5.75 Å². The molecule has 0 bridgehead atoms. The van der Waals surface area contributed by atoms with Crippen molar-refractivity contribution in [1.29, 1.82) is 0 Å². The van der Waals surface area contributed by atoms with Crippen LogP contribution in [0, 0.1) is 0 Å². The summed E-state index contributed by atoms with van der Waals surface area (Å²) in [6.07, 6.45) is 3.83. The Bertz CT molecular complexity index is 712. The van der Waals surface area contributed by atoms with Gasteiger partial charge in [0, 0.05) is 23.0 Å². The second-order valence-corrected chi connectivity index (χ2v) is 8.63. The highest BCUT2D eigenvalue weighted by Crippen LogP contribution is 2.40. The van der Waals surface area contributed by atoms with E-state index in [9.17, 15) is 0 Å². The summed E-state index contributed by atoms with van der Waals surface area (Å²) in [6, 6.07) is 7.07. The topological polar surface area (TPSA) is 25.4 Å². The van der Waals surface area contributed by atoms with E-state index < -0.39 is 3.79 Å². The summed E-state index contributed by atoms with van der Waals surface area (Å²) in [7, 11) is 0. The van der Waals surface area contributed by atoms with Crippen LogP contribution in [0.2, 0.25) is 5.02 Å². The fourth-order valence-corrected chi connectivity index (χ4v) is 3.36. The minimum absolute atomic E-state index is 0.343. The molecule has 1 aromatic heterocycles. The summed E-state index contributed by atoms with van der Waals surface area (Å²) < 4.78 is 4.40. The Morgan fingerprint density at radius 2 is 1.83 bits per heavy atom. The number of fused-ring (bicyclic) bond motifs is 1. The normalized spacial score (nSPS) is 16.5. The summed E-state index contributed by atoms with van der Waals surface area (Å²) in [6.45, 7) is 3.72. The predicted octanol–water partition coefficient (Wildman–Crippen LogP) is 5.58. The molecule has 0 saturated carbocycles. The Balaban J connectivity index is 1.82. The average Bonchev–Trinajstić information content (AvgIpc) is 2.55. The lowest BCUT2D eigenvalue weighted by atomic mass is 10.1. The molecule has 3 nitrogen and oxygen atoms in total. The Morgan fingerprint density at radius 1 is 1.08 bits per heavy atom. The number of piperidine rings is 1. The number of likely N-dealkylation sites (tertiary alicyclic amines) is 1. The number of nitrogens with zero attached hydrogens (tertiary/aromatic N) is 2. The molecule has 130 valence electrons. The van der Waals surface area contributed by atoms with E-state index in [2.05, 4.69) is 9.88 Å². The van der Waals surface area contributed by atoms with E-state index in [0.29, 0.717) is 28.6 Å². The van der Waals surface area contributed by atoms with Crippen LogP contribution in [0.15, 0.2) is 24.3 Å². The molecule has 1 aliphatic rings. The fraction of sp³-hybridized carbons (Fsp3) is 0.471. The lowest BCUT2D eigenvalue weighted by molar-refractivity contribution is 0.184. The average molecular weight is 408 g/mol. The summed E-state index contributed by atoms with van der Waals surface area (Å²) >= 11 is 24.1. The number of alkyl halides is 3. The molecule has 1 aromatic carbocycles. The van der Waals surface area contributed by atoms with Gasteiger partial charge in [-0.15, -0.1) is 0 Å². The van der Waals surface area contributed by atoms with Crippen LogP contribution in [0.4, 0.5) is 0 Å². The molecule has 3 rings (SSSR count). The first kappa shape index (κ1) is 18.3. The highest BCUT2D eigenvalue weighted by atomic mass is 35.6. The van der Waals surface area contributed by atoms with Crippen LogP contribution >= 0.6 is 46.4 Å². The Kier molecular flexibility index (Phi) is 5.99. The van der Waals surface area contributed by atoms with Crippen LogP contribution in [-0.4, -0.2) is 36.1 Å². The summed E-state index contributed by atoms with van der Waals surface area (Å²) in [4.78, 5) is 6.81. The molecule has 1 fully saturated rings. The molecule has 2 heterocycles. The number of pyridine rings is 1. The Morgan fingerprint density at radius 3 is 2.54 bits per heavy atom. The van der Waals surface area contributed by atoms with E-state index in [4.69, 9.17) is 51.1 Å². The monoisotopic (exact) mass is 406 g/mol. The maximum absolute atomic E-state index is 6.11. The predicted molar refractivity (Wildman–Crippen MR) is 102 cm³/mol. The van der Waals surface area contributed by atoms with E-state index in [-0.39, 0.29) is 0 Å². The van der Waals surface area contributed by atoms with E-state index in [1.807, 2.05) is 6.07 Å². The Labute approximate surface area is 161 Å². The highest BCUT2D eigenvalue weighted by molar-refractivity contribution is 6.66. The largest absolute Gasteiger partial charge is 0.491 e. The molecule has 0 unspecified atom stereocenters. The molecule has 2 aromatic rings. The summed E-state index contributed by atoms with van der Waals surface area (Å²) in [5.74, 6) is 0.640. The first-order chi connectivity index (χ1) is 11.4. The van der Waals surface area contributed by atoms with Crippen molar-refractivity contribution < 1.29 is 4.74 Å². The first-order valence-corrected chi connectivity index (χ1v) is 9.47. The molecular weight excluding hydrogens is 390 g/mol. The SMILES string of the molecule is Clc1ccc2nc(C(Cl)(Cl)Cl)cc(OCCN3CCCCC3)c2c1. The van der Waals surface area contributed by atoms with Gasteiger partial charge in [-0.05, 0) is 44.1 Å². The second kappa shape index (κ2) is 7.84. The van der Waals surface area contributed by atoms with Crippen molar-refractivity contribution in [2.24, 2.45) is 0 Å². The number of benzene rings is 1. The van der Waals surface area contributed by atoms with Crippen LogP contribution < -0.4 is 4.74 Å². The van der Waals surface area contributed by atoms with Gasteiger partial charge in [0.05, 0.1) is 11.2 Å². The fourth-order valence-electron chi connectivity index (χ4n) is 2.90. The summed E-state index contributed by atoms with van der Waals surface area (Å²) in [5, 5.41) is 1.44. The van der Waals surface area contributed by atoms with Crippen molar-refractivity contribution in [3.8, 4) is 5.75 Å². The third-order valence-electron chi connectivity index (χ3n) is 4.14. The van der Waals surface area contributed by atoms with Crippen molar-refractivity contribution in [1.82, 2.24) is 9.88 Å². The number of halogens is 4. The molecule has 1 aliphatic heterocycles. The maximum atomic E-state index is 6.11. The van der Waals surface area contributed by atoms with Gasteiger partial charge in [-0.2, -0.15) is 0 Å². The molecule has 7 heteroatoms. The van der Waals surface area contributed by atoms with Gasteiger partial charge in [0.1, 0.15) is 12.4 Å². The zero-order valence-electron chi connectivity index (χ0n) is 13.1. The number of aromatic nitrogens is 1. The molecule has 1 saturated heterocycles. The van der Waals surface area contributed by atoms with Crippen LogP contribution in [-0.2, 0) is 3.79 Å². The maximum Gasteiger partial charge on any atom is 0.232 e. The quantitative estimate of drug-likeness (QED) is 0.618. The standard InChI is InChI=1S/C17H18Cl4N2O/c18-12-4-5-14-13(10-12)15(11-16(22-14)17(19,20)21)24-9-8-23-6-2-1-3-7-23/h4-5,10-11H,1-3,6-9H2.